The zero-order chi connectivity index (χ0) is 13.0. The van der Waals surface area contributed by atoms with E-state index in [1.807, 2.05) is 6.92 Å². The standard InChI is InChI=1S/C13H19F2NO/c1-3-4-5-10(17)13(16)9-7-6-8(2)11(14)12(9)15/h6-7,10,13,17H,3-5,16H2,1-2H3/t10-,13+/m1/s1. The summed E-state index contributed by atoms with van der Waals surface area (Å²) in [4.78, 5) is 0. The molecule has 1 aromatic rings. The molecule has 0 aromatic heterocycles. The van der Waals surface area contributed by atoms with Crippen molar-refractivity contribution in [3.8, 4) is 0 Å². The maximum absolute atomic E-state index is 13.6. The van der Waals surface area contributed by atoms with Crippen molar-refractivity contribution in [2.75, 3.05) is 0 Å². The highest BCUT2D eigenvalue weighted by Crippen LogP contribution is 2.24. The van der Waals surface area contributed by atoms with E-state index in [0.29, 0.717) is 6.42 Å². The van der Waals surface area contributed by atoms with Gasteiger partial charge in [-0.15, -0.1) is 0 Å². The van der Waals surface area contributed by atoms with Crippen molar-refractivity contribution in [2.45, 2.75) is 45.3 Å². The molecule has 0 saturated heterocycles. The number of aryl methyl sites for hydroxylation is 1. The molecule has 1 rings (SSSR count). The molecule has 0 aliphatic heterocycles. The highest BCUT2D eigenvalue weighted by molar-refractivity contribution is 5.28. The first-order valence-electron chi connectivity index (χ1n) is 5.87. The topological polar surface area (TPSA) is 46.2 Å². The first-order valence-corrected chi connectivity index (χ1v) is 5.87. The molecular weight excluding hydrogens is 224 g/mol. The molecule has 2 nitrogen and oxygen atoms in total. The summed E-state index contributed by atoms with van der Waals surface area (Å²) in [5.74, 6) is -1.84. The Hall–Kier alpha value is -1.00. The second-order valence-electron chi connectivity index (χ2n) is 4.34. The van der Waals surface area contributed by atoms with Crippen molar-refractivity contribution < 1.29 is 13.9 Å². The van der Waals surface area contributed by atoms with Gasteiger partial charge in [0, 0.05) is 5.56 Å². The maximum Gasteiger partial charge on any atom is 0.163 e. The van der Waals surface area contributed by atoms with Gasteiger partial charge in [-0.25, -0.2) is 8.78 Å². The summed E-state index contributed by atoms with van der Waals surface area (Å²) < 4.78 is 27.0. The molecular formula is C13H19F2NO. The van der Waals surface area contributed by atoms with Gasteiger partial charge in [0.05, 0.1) is 12.1 Å². The molecule has 2 atom stereocenters. The molecule has 0 saturated carbocycles. The van der Waals surface area contributed by atoms with Crippen molar-refractivity contribution in [3.63, 3.8) is 0 Å². The summed E-state index contributed by atoms with van der Waals surface area (Å²) in [6, 6.07) is 2.03. The molecule has 0 bridgehead atoms. The number of hydrogen-bond acceptors (Lipinski definition) is 2. The van der Waals surface area contributed by atoms with Crippen LogP contribution >= 0.6 is 0 Å². The van der Waals surface area contributed by atoms with E-state index in [9.17, 15) is 13.9 Å². The normalized spacial score (nSPS) is 14.7. The van der Waals surface area contributed by atoms with Gasteiger partial charge in [-0.3, -0.25) is 0 Å². The lowest BCUT2D eigenvalue weighted by Gasteiger charge is -2.20. The van der Waals surface area contributed by atoms with Gasteiger partial charge in [-0.2, -0.15) is 0 Å². The van der Waals surface area contributed by atoms with Crippen LogP contribution in [0.5, 0.6) is 0 Å². The van der Waals surface area contributed by atoms with Crippen LogP contribution < -0.4 is 5.73 Å². The molecule has 0 amide bonds. The fourth-order valence-corrected chi connectivity index (χ4v) is 1.72. The number of halogens is 2. The van der Waals surface area contributed by atoms with Gasteiger partial charge in [-0.1, -0.05) is 31.9 Å². The van der Waals surface area contributed by atoms with E-state index < -0.39 is 23.8 Å². The maximum atomic E-state index is 13.6. The van der Waals surface area contributed by atoms with Gasteiger partial charge in [0.2, 0.25) is 0 Å². The molecule has 0 unspecified atom stereocenters. The van der Waals surface area contributed by atoms with E-state index in [1.54, 1.807) is 0 Å². The van der Waals surface area contributed by atoms with Crippen molar-refractivity contribution in [1.29, 1.82) is 0 Å². The van der Waals surface area contributed by atoms with Gasteiger partial charge in [0.15, 0.2) is 11.6 Å². The predicted octanol–water partition coefficient (Wildman–Crippen LogP) is 2.82. The van der Waals surface area contributed by atoms with Crippen LogP contribution in [0.2, 0.25) is 0 Å². The molecule has 0 heterocycles. The van der Waals surface area contributed by atoms with E-state index in [2.05, 4.69) is 0 Å². The lowest BCUT2D eigenvalue weighted by atomic mass is 9.97. The Kier molecular flexibility index (Phi) is 5.02. The molecule has 0 aliphatic rings. The Morgan fingerprint density at radius 3 is 2.53 bits per heavy atom. The number of aliphatic hydroxyl groups is 1. The van der Waals surface area contributed by atoms with Crippen LogP contribution in [0, 0.1) is 18.6 Å². The molecule has 0 radical (unpaired) electrons. The Balaban J connectivity index is 2.89. The van der Waals surface area contributed by atoms with E-state index in [4.69, 9.17) is 5.73 Å². The number of aliphatic hydroxyl groups excluding tert-OH is 1. The van der Waals surface area contributed by atoms with Crippen molar-refractivity contribution >= 4 is 0 Å². The van der Waals surface area contributed by atoms with Crippen molar-refractivity contribution in [3.05, 3.63) is 34.9 Å². The summed E-state index contributed by atoms with van der Waals surface area (Å²) in [5.41, 5.74) is 6.02. The number of rotatable bonds is 5. The summed E-state index contributed by atoms with van der Waals surface area (Å²) in [6.45, 7) is 3.48. The average Bonchev–Trinajstić information content (AvgIpc) is 2.32. The SMILES string of the molecule is CCCC[C@@H](O)[C@@H](N)c1ccc(C)c(F)c1F. The molecule has 1 aromatic carbocycles. The minimum absolute atomic E-state index is 0.0386. The first kappa shape index (κ1) is 14.1. The lowest BCUT2D eigenvalue weighted by molar-refractivity contribution is 0.130. The minimum Gasteiger partial charge on any atom is -0.391 e. The molecule has 17 heavy (non-hydrogen) atoms. The summed E-state index contributed by atoms with van der Waals surface area (Å²) in [7, 11) is 0. The zero-order valence-corrected chi connectivity index (χ0v) is 10.2. The third-order valence-electron chi connectivity index (χ3n) is 2.93. The third kappa shape index (κ3) is 3.23. The van der Waals surface area contributed by atoms with E-state index >= 15 is 0 Å². The molecule has 0 fully saturated rings. The highest BCUT2D eigenvalue weighted by atomic mass is 19.2. The van der Waals surface area contributed by atoms with Crippen LogP contribution in [-0.4, -0.2) is 11.2 Å². The smallest absolute Gasteiger partial charge is 0.163 e. The van der Waals surface area contributed by atoms with Gasteiger partial charge in [0.1, 0.15) is 0 Å². The molecule has 96 valence electrons. The Morgan fingerprint density at radius 2 is 1.94 bits per heavy atom. The largest absolute Gasteiger partial charge is 0.391 e. The summed E-state index contributed by atoms with van der Waals surface area (Å²) in [5, 5.41) is 9.77. The average molecular weight is 243 g/mol. The number of nitrogens with two attached hydrogens (primary N) is 1. The van der Waals surface area contributed by atoms with Crippen molar-refractivity contribution in [1.82, 2.24) is 0 Å². The van der Waals surface area contributed by atoms with Crippen LogP contribution in [0.3, 0.4) is 0 Å². The van der Waals surface area contributed by atoms with Crippen LogP contribution in [0.4, 0.5) is 8.78 Å². The molecule has 0 spiro atoms. The number of hydrogen-bond donors (Lipinski definition) is 2. The summed E-state index contributed by atoms with van der Waals surface area (Å²) >= 11 is 0. The van der Waals surface area contributed by atoms with Crippen LogP contribution in [0.15, 0.2) is 12.1 Å². The Labute approximate surface area is 100 Å². The zero-order valence-electron chi connectivity index (χ0n) is 10.2. The third-order valence-corrected chi connectivity index (χ3v) is 2.93. The monoisotopic (exact) mass is 243 g/mol. The van der Waals surface area contributed by atoms with Crippen molar-refractivity contribution in [2.24, 2.45) is 5.73 Å². The fraction of sp³-hybridized carbons (Fsp3) is 0.538. The van der Waals surface area contributed by atoms with E-state index in [-0.39, 0.29) is 11.1 Å². The van der Waals surface area contributed by atoms with Gasteiger partial charge < -0.3 is 10.8 Å². The highest BCUT2D eigenvalue weighted by Gasteiger charge is 2.22. The molecule has 0 aliphatic carbocycles. The Morgan fingerprint density at radius 1 is 1.29 bits per heavy atom. The predicted molar refractivity (Wildman–Crippen MR) is 63.6 cm³/mol. The van der Waals surface area contributed by atoms with Crippen LogP contribution in [-0.2, 0) is 0 Å². The molecule has 4 heteroatoms. The van der Waals surface area contributed by atoms with Gasteiger partial charge >= 0.3 is 0 Å². The van der Waals surface area contributed by atoms with Crippen LogP contribution in [0.25, 0.3) is 0 Å². The second-order valence-corrected chi connectivity index (χ2v) is 4.34. The summed E-state index contributed by atoms with van der Waals surface area (Å²) in [6.07, 6.45) is 1.39. The van der Waals surface area contributed by atoms with Gasteiger partial charge in [-0.05, 0) is 18.9 Å². The number of benzene rings is 1. The second kappa shape index (κ2) is 6.07. The Bertz CT molecular complexity index is 382. The number of unbranched alkanes of at least 4 members (excludes halogenated alkanes) is 1. The van der Waals surface area contributed by atoms with Crippen LogP contribution in [0.1, 0.15) is 43.4 Å². The first-order chi connectivity index (χ1) is 7.99. The van der Waals surface area contributed by atoms with Gasteiger partial charge in [0.25, 0.3) is 0 Å². The van der Waals surface area contributed by atoms with E-state index in [0.717, 1.165) is 12.8 Å². The molecule has 3 N–H and O–H groups in total. The lowest BCUT2D eigenvalue weighted by Crippen LogP contribution is -2.27. The minimum atomic E-state index is -0.951. The quantitative estimate of drug-likeness (QED) is 0.835. The van der Waals surface area contributed by atoms with E-state index in [1.165, 1.54) is 19.1 Å². The fourth-order valence-electron chi connectivity index (χ4n) is 1.72.